The fourth-order valence-electron chi connectivity index (χ4n) is 3.01. The van der Waals surface area contributed by atoms with E-state index in [1.54, 1.807) is 14.2 Å². The van der Waals surface area contributed by atoms with Crippen molar-refractivity contribution in [1.29, 1.82) is 0 Å². The zero-order valence-electron chi connectivity index (χ0n) is 13.4. The summed E-state index contributed by atoms with van der Waals surface area (Å²) in [6.45, 7) is 2.85. The first-order chi connectivity index (χ1) is 10.1. The van der Waals surface area contributed by atoms with Crippen LogP contribution in [0.4, 0.5) is 0 Å². The number of aliphatic hydroxyl groups is 1. The third-order valence-corrected chi connectivity index (χ3v) is 4.24. The van der Waals surface area contributed by atoms with Crippen LogP contribution in [0.2, 0.25) is 0 Å². The maximum atomic E-state index is 11.0. The highest BCUT2D eigenvalue weighted by atomic mass is 16.5. The predicted molar refractivity (Wildman–Crippen MR) is 83.0 cm³/mol. The Morgan fingerprint density at radius 3 is 2.33 bits per heavy atom. The standard InChI is InChI=1S/C16H26N2O3/c1-17-9-6-10-18(2)12(11-17)16(19)15-13(20-3)7-5-8-14(15)21-4/h5,7-8,12,16,19H,6,9-11H2,1-4H3. The summed E-state index contributed by atoms with van der Waals surface area (Å²) in [6.07, 6.45) is 0.459. The van der Waals surface area contributed by atoms with Crippen molar-refractivity contribution < 1.29 is 14.6 Å². The number of benzene rings is 1. The maximum Gasteiger partial charge on any atom is 0.128 e. The molecule has 0 amide bonds. The summed E-state index contributed by atoms with van der Waals surface area (Å²) in [4.78, 5) is 4.49. The second-order valence-electron chi connectivity index (χ2n) is 5.68. The Balaban J connectivity index is 2.35. The topological polar surface area (TPSA) is 45.2 Å². The van der Waals surface area contributed by atoms with Gasteiger partial charge >= 0.3 is 0 Å². The van der Waals surface area contributed by atoms with Gasteiger partial charge in [0.2, 0.25) is 0 Å². The quantitative estimate of drug-likeness (QED) is 0.909. The van der Waals surface area contributed by atoms with E-state index in [9.17, 15) is 5.11 Å². The van der Waals surface area contributed by atoms with E-state index in [-0.39, 0.29) is 6.04 Å². The Morgan fingerprint density at radius 1 is 1.14 bits per heavy atom. The second kappa shape index (κ2) is 7.11. The molecular weight excluding hydrogens is 268 g/mol. The molecule has 1 aromatic rings. The molecule has 118 valence electrons. The molecule has 1 N–H and O–H groups in total. The molecule has 2 rings (SSSR count). The van der Waals surface area contributed by atoms with Crippen LogP contribution in [0.3, 0.4) is 0 Å². The van der Waals surface area contributed by atoms with E-state index < -0.39 is 6.10 Å². The van der Waals surface area contributed by atoms with Gasteiger partial charge in [0, 0.05) is 6.54 Å². The molecule has 0 aliphatic carbocycles. The van der Waals surface area contributed by atoms with E-state index in [2.05, 4.69) is 23.9 Å². The van der Waals surface area contributed by atoms with Crippen LogP contribution in [0.5, 0.6) is 11.5 Å². The third kappa shape index (κ3) is 3.48. The number of hydrogen-bond donors (Lipinski definition) is 1. The van der Waals surface area contributed by atoms with Crippen LogP contribution in [0.25, 0.3) is 0 Å². The van der Waals surface area contributed by atoms with E-state index in [0.29, 0.717) is 11.5 Å². The minimum atomic E-state index is -0.651. The summed E-state index contributed by atoms with van der Waals surface area (Å²) >= 11 is 0. The largest absolute Gasteiger partial charge is 0.496 e. The molecule has 1 aromatic carbocycles. The van der Waals surface area contributed by atoms with E-state index in [0.717, 1.165) is 31.6 Å². The van der Waals surface area contributed by atoms with Crippen molar-refractivity contribution in [2.75, 3.05) is 47.9 Å². The van der Waals surface area contributed by atoms with Gasteiger partial charge in [-0.15, -0.1) is 0 Å². The van der Waals surface area contributed by atoms with Crippen LogP contribution in [-0.4, -0.2) is 68.9 Å². The molecule has 0 saturated carbocycles. The molecule has 1 saturated heterocycles. The lowest BCUT2D eigenvalue weighted by Crippen LogP contribution is -2.42. The average Bonchev–Trinajstić information content (AvgIpc) is 2.66. The van der Waals surface area contributed by atoms with Crippen LogP contribution >= 0.6 is 0 Å². The van der Waals surface area contributed by atoms with Crippen LogP contribution in [-0.2, 0) is 0 Å². The summed E-state index contributed by atoms with van der Waals surface area (Å²) in [5, 5.41) is 11.0. The van der Waals surface area contributed by atoms with Gasteiger partial charge in [-0.05, 0) is 45.7 Å². The number of methoxy groups -OCH3 is 2. The number of likely N-dealkylation sites (N-methyl/N-ethyl adjacent to an activating group) is 2. The summed E-state index contributed by atoms with van der Waals surface area (Å²) in [6, 6.07) is 5.61. The van der Waals surface area contributed by atoms with Gasteiger partial charge in [-0.2, -0.15) is 0 Å². The number of aliphatic hydroxyl groups excluding tert-OH is 1. The zero-order valence-corrected chi connectivity index (χ0v) is 13.4. The first kappa shape index (κ1) is 16.1. The van der Waals surface area contributed by atoms with Gasteiger partial charge < -0.3 is 19.5 Å². The Bertz CT molecular complexity index is 445. The Hall–Kier alpha value is -1.30. The van der Waals surface area contributed by atoms with Crippen molar-refractivity contribution in [2.45, 2.75) is 18.6 Å². The van der Waals surface area contributed by atoms with Crippen molar-refractivity contribution in [3.63, 3.8) is 0 Å². The molecule has 1 heterocycles. The summed E-state index contributed by atoms with van der Waals surface area (Å²) in [5.41, 5.74) is 0.731. The van der Waals surface area contributed by atoms with Crippen LogP contribution < -0.4 is 9.47 Å². The van der Waals surface area contributed by atoms with E-state index in [1.807, 2.05) is 18.2 Å². The second-order valence-corrected chi connectivity index (χ2v) is 5.68. The molecule has 2 atom stereocenters. The molecular formula is C16H26N2O3. The van der Waals surface area contributed by atoms with Crippen molar-refractivity contribution in [1.82, 2.24) is 9.80 Å². The molecule has 0 radical (unpaired) electrons. The monoisotopic (exact) mass is 294 g/mol. The van der Waals surface area contributed by atoms with Crippen LogP contribution in [0, 0.1) is 0 Å². The highest BCUT2D eigenvalue weighted by Crippen LogP contribution is 2.37. The Morgan fingerprint density at radius 2 is 1.76 bits per heavy atom. The molecule has 1 aliphatic rings. The first-order valence-corrected chi connectivity index (χ1v) is 7.36. The van der Waals surface area contributed by atoms with E-state index in [4.69, 9.17) is 9.47 Å². The minimum absolute atomic E-state index is 0.0164. The number of ether oxygens (including phenoxy) is 2. The van der Waals surface area contributed by atoms with Gasteiger partial charge in [0.1, 0.15) is 17.6 Å². The molecule has 1 fully saturated rings. The van der Waals surface area contributed by atoms with E-state index in [1.165, 1.54) is 0 Å². The molecule has 5 heteroatoms. The van der Waals surface area contributed by atoms with Gasteiger partial charge in [0.25, 0.3) is 0 Å². The van der Waals surface area contributed by atoms with E-state index >= 15 is 0 Å². The fraction of sp³-hybridized carbons (Fsp3) is 0.625. The van der Waals surface area contributed by atoms with Gasteiger partial charge in [-0.25, -0.2) is 0 Å². The lowest BCUT2D eigenvalue weighted by Gasteiger charge is -2.32. The molecule has 0 spiro atoms. The lowest BCUT2D eigenvalue weighted by molar-refractivity contribution is 0.0537. The minimum Gasteiger partial charge on any atom is -0.496 e. The predicted octanol–water partition coefficient (Wildman–Crippen LogP) is 1.37. The molecule has 1 aliphatic heterocycles. The summed E-state index contributed by atoms with van der Waals surface area (Å²) in [5.74, 6) is 1.34. The SMILES string of the molecule is COc1cccc(OC)c1C(O)C1CN(C)CCCN1C. The summed E-state index contributed by atoms with van der Waals surface area (Å²) < 4.78 is 10.8. The molecule has 5 nitrogen and oxygen atoms in total. The third-order valence-electron chi connectivity index (χ3n) is 4.24. The molecule has 21 heavy (non-hydrogen) atoms. The molecule has 0 bridgehead atoms. The normalized spacial score (nSPS) is 22.6. The van der Waals surface area contributed by atoms with Crippen molar-refractivity contribution in [2.24, 2.45) is 0 Å². The maximum absolute atomic E-state index is 11.0. The highest BCUT2D eigenvalue weighted by molar-refractivity contribution is 5.47. The molecule has 2 unspecified atom stereocenters. The van der Waals surface area contributed by atoms with Crippen molar-refractivity contribution >= 4 is 0 Å². The number of rotatable bonds is 4. The van der Waals surface area contributed by atoms with Gasteiger partial charge in [0.15, 0.2) is 0 Å². The Labute approximate surface area is 127 Å². The van der Waals surface area contributed by atoms with Crippen molar-refractivity contribution in [3.8, 4) is 11.5 Å². The van der Waals surface area contributed by atoms with Crippen molar-refractivity contribution in [3.05, 3.63) is 23.8 Å². The number of hydrogen-bond acceptors (Lipinski definition) is 5. The fourth-order valence-corrected chi connectivity index (χ4v) is 3.01. The zero-order chi connectivity index (χ0) is 15.4. The summed E-state index contributed by atoms with van der Waals surface area (Å²) in [7, 11) is 7.40. The molecule has 0 aromatic heterocycles. The lowest BCUT2D eigenvalue weighted by atomic mass is 9.98. The highest BCUT2D eigenvalue weighted by Gasteiger charge is 2.32. The van der Waals surface area contributed by atoms with Crippen LogP contribution in [0.15, 0.2) is 18.2 Å². The van der Waals surface area contributed by atoms with Gasteiger partial charge in [0.05, 0.1) is 25.8 Å². The smallest absolute Gasteiger partial charge is 0.128 e. The Kier molecular flexibility index (Phi) is 5.45. The van der Waals surface area contributed by atoms with Gasteiger partial charge in [-0.3, -0.25) is 4.90 Å². The first-order valence-electron chi connectivity index (χ1n) is 7.36. The number of nitrogens with zero attached hydrogens (tertiary/aromatic N) is 2. The van der Waals surface area contributed by atoms with Gasteiger partial charge in [-0.1, -0.05) is 6.07 Å². The van der Waals surface area contributed by atoms with Crippen LogP contribution in [0.1, 0.15) is 18.1 Å². The average molecular weight is 294 g/mol.